The van der Waals surface area contributed by atoms with E-state index in [-0.39, 0.29) is 0 Å². The molecule has 16 N–H and O–H groups in total. The zero-order valence-electron chi connectivity index (χ0n) is 33.0. The third kappa shape index (κ3) is 10.9. The molecular formula is C34H58N2O25. The SMILES string of the molecule is CC(=O)N[C@@H]1[C@@H](O)[C@@H](O)[C@@H](CO[C@@H]2O[C@H](CO)[C@@H](O[C@@H]3O[C@H](CO)[C@H](O)[C@H](O[C@H]4O[C@H](CO)[C@H](O)[C@H](O)[C@H]4O)[C@H]3O[C@@H]3O[C@@H](C)[C@@H](O)[C@@H](O)[C@@H]3O)[C@H](O)[C@H]2NC(C)=O)O[C@H]1O. The average Bonchev–Trinajstić information content (AvgIpc) is 3.22. The molecule has 0 bridgehead atoms. The molecule has 2 amide bonds. The molecule has 5 aliphatic heterocycles. The second-order valence-electron chi connectivity index (χ2n) is 15.4. The highest BCUT2D eigenvalue weighted by Gasteiger charge is 2.57. The molecule has 61 heavy (non-hydrogen) atoms. The molecule has 5 heterocycles. The minimum atomic E-state index is -2.05. The van der Waals surface area contributed by atoms with Crippen LogP contribution in [-0.2, 0) is 52.2 Å². The molecule has 27 heteroatoms. The third-order valence-corrected chi connectivity index (χ3v) is 11.1. The number of ether oxygens (including phenoxy) is 9. The summed E-state index contributed by atoms with van der Waals surface area (Å²) in [5.41, 5.74) is 0. The van der Waals surface area contributed by atoms with Crippen LogP contribution in [-0.4, -0.2) is 263 Å². The van der Waals surface area contributed by atoms with Crippen LogP contribution in [0.1, 0.15) is 20.8 Å². The van der Waals surface area contributed by atoms with Gasteiger partial charge in [-0.25, -0.2) is 0 Å². The van der Waals surface area contributed by atoms with Gasteiger partial charge in [0, 0.05) is 13.8 Å². The van der Waals surface area contributed by atoms with Crippen LogP contribution in [0.5, 0.6) is 0 Å². The standard InChI is InChI=1S/C34H58N2O25/c1-8-17(42)23(48)25(50)32(54-8)61-29-28(60-33-26(51)24(49)18(43)11(4-37)56-33)20(45)12(5-38)57-34(29)59-27-13(6-39)58-31(16(22(27)47)36-10(3)41)53-7-14-19(44)21(46)15(30(52)55-14)35-9(2)40/h8,11-34,37-39,42-52H,4-7H2,1-3H3,(H,35,40)(H,36,41)/t8-,11+,12+,13+,14+,15+,16+,17+,18-,19-,20-,21+,22+,23+,24-,25-,26+,27+,28-,29+,30+,31+,32-,33+,34-/m0/s1. The highest BCUT2D eigenvalue weighted by atomic mass is 16.8. The molecule has 25 atom stereocenters. The van der Waals surface area contributed by atoms with Crippen molar-refractivity contribution in [3.63, 3.8) is 0 Å². The Hall–Kier alpha value is -1.98. The Morgan fingerprint density at radius 2 is 0.934 bits per heavy atom. The van der Waals surface area contributed by atoms with E-state index in [0.717, 1.165) is 13.8 Å². The second-order valence-corrected chi connectivity index (χ2v) is 15.4. The van der Waals surface area contributed by atoms with Crippen molar-refractivity contribution in [3.05, 3.63) is 0 Å². The van der Waals surface area contributed by atoms with Crippen LogP contribution in [0.25, 0.3) is 0 Å². The van der Waals surface area contributed by atoms with Crippen LogP contribution in [0.15, 0.2) is 0 Å². The first-order valence-corrected chi connectivity index (χ1v) is 19.4. The predicted octanol–water partition coefficient (Wildman–Crippen LogP) is -10.6. The van der Waals surface area contributed by atoms with Crippen LogP contribution < -0.4 is 10.6 Å². The summed E-state index contributed by atoms with van der Waals surface area (Å²) in [5.74, 6) is -1.40. The molecule has 0 aromatic heterocycles. The third-order valence-electron chi connectivity index (χ3n) is 11.1. The monoisotopic (exact) mass is 894 g/mol. The Morgan fingerprint density at radius 3 is 1.52 bits per heavy atom. The molecular weight excluding hydrogens is 836 g/mol. The number of carbonyl (C=O) groups excluding carboxylic acids is 2. The van der Waals surface area contributed by atoms with Crippen LogP contribution in [0.2, 0.25) is 0 Å². The first-order valence-electron chi connectivity index (χ1n) is 19.4. The molecule has 0 spiro atoms. The molecule has 5 saturated heterocycles. The van der Waals surface area contributed by atoms with Crippen LogP contribution in [0.3, 0.4) is 0 Å². The molecule has 0 aromatic rings. The van der Waals surface area contributed by atoms with Crippen molar-refractivity contribution in [2.75, 3.05) is 26.4 Å². The number of aliphatic hydroxyl groups excluding tert-OH is 14. The summed E-state index contributed by atoms with van der Waals surface area (Å²) in [7, 11) is 0. The van der Waals surface area contributed by atoms with E-state index < -0.39 is 192 Å². The van der Waals surface area contributed by atoms with Gasteiger partial charge in [0.1, 0.15) is 116 Å². The first kappa shape index (κ1) is 50.0. The summed E-state index contributed by atoms with van der Waals surface area (Å²) < 4.78 is 51.8. The van der Waals surface area contributed by atoms with Gasteiger partial charge in [-0.05, 0) is 6.92 Å². The van der Waals surface area contributed by atoms with Gasteiger partial charge in [0.15, 0.2) is 31.5 Å². The van der Waals surface area contributed by atoms with Gasteiger partial charge in [-0.2, -0.15) is 0 Å². The van der Waals surface area contributed by atoms with E-state index in [0.29, 0.717) is 0 Å². The summed E-state index contributed by atoms with van der Waals surface area (Å²) in [5, 5.41) is 153. The Kier molecular flexibility index (Phi) is 17.5. The fourth-order valence-electron chi connectivity index (χ4n) is 7.65. The first-order chi connectivity index (χ1) is 28.7. The summed E-state index contributed by atoms with van der Waals surface area (Å²) >= 11 is 0. The Bertz CT molecular complexity index is 1420. The van der Waals surface area contributed by atoms with Crippen molar-refractivity contribution in [2.45, 2.75) is 174 Å². The van der Waals surface area contributed by atoms with E-state index in [9.17, 15) is 81.1 Å². The fourth-order valence-corrected chi connectivity index (χ4v) is 7.65. The maximum atomic E-state index is 12.4. The normalized spacial score (nSPS) is 49.6. The summed E-state index contributed by atoms with van der Waals surface area (Å²) in [6.07, 6.45) is -41.3. The van der Waals surface area contributed by atoms with Crippen molar-refractivity contribution in [3.8, 4) is 0 Å². The Morgan fingerprint density at radius 1 is 0.459 bits per heavy atom. The molecule has 5 aliphatic rings. The van der Waals surface area contributed by atoms with E-state index >= 15 is 0 Å². The maximum Gasteiger partial charge on any atom is 0.217 e. The lowest BCUT2D eigenvalue weighted by atomic mass is 9.94. The lowest BCUT2D eigenvalue weighted by Gasteiger charge is -2.51. The second kappa shape index (κ2) is 21.3. The van der Waals surface area contributed by atoms with Gasteiger partial charge >= 0.3 is 0 Å². The number of carbonyl (C=O) groups is 2. The highest BCUT2D eigenvalue weighted by molar-refractivity contribution is 5.73. The predicted molar refractivity (Wildman–Crippen MR) is 188 cm³/mol. The van der Waals surface area contributed by atoms with Crippen molar-refractivity contribution in [2.24, 2.45) is 0 Å². The van der Waals surface area contributed by atoms with Crippen LogP contribution in [0.4, 0.5) is 0 Å². The lowest BCUT2D eigenvalue weighted by Crippen LogP contribution is -2.70. The topological polar surface area (TPSA) is 424 Å². The molecule has 5 rings (SSSR count). The van der Waals surface area contributed by atoms with Gasteiger partial charge < -0.3 is 125 Å². The summed E-state index contributed by atoms with van der Waals surface area (Å²) in [6.45, 7) is -0.0270. The fraction of sp³-hybridized carbons (Fsp3) is 0.941. The average molecular weight is 895 g/mol. The van der Waals surface area contributed by atoms with Crippen LogP contribution in [0, 0.1) is 0 Å². The largest absolute Gasteiger partial charge is 0.394 e. The van der Waals surface area contributed by atoms with Crippen molar-refractivity contribution in [1.82, 2.24) is 10.6 Å². The number of rotatable bonds is 14. The van der Waals surface area contributed by atoms with Crippen molar-refractivity contribution < 1.29 is 124 Å². The van der Waals surface area contributed by atoms with E-state index in [2.05, 4.69) is 10.6 Å². The van der Waals surface area contributed by atoms with Crippen molar-refractivity contribution >= 4 is 11.8 Å². The number of nitrogens with one attached hydrogen (secondary N) is 2. The maximum absolute atomic E-state index is 12.4. The van der Waals surface area contributed by atoms with E-state index in [1.165, 1.54) is 6.92 Å². The summed E-state index contributed by atoms with van der Waals surface area (Å²) in [4.78, 5) is 23.9. The van der Waals surface area contributed by atoms with Gasteiger partial charge in [-0.1, -0.05) is 0 Å². The number of aliphatic hydroxyl groups is 14. The van der Waals surface area contributed by atoms with Gasteiger partial charge in [0.05, 0.1) is 32.5 Å². The quantitative estimate of drug-likeness (QED) is 0.0770. The molecule has 354 valence electrons. The zero-order valence-corrected chi connectivity index (χ0v) is 33.0. The smallest absolute Gasteiger partial charge is 0.217 e. The molecule has 0 unspecified atom stereocenters. The molecule has 0 aliphatic carbocycles. The van der Waals surface area contributed by atoms with Crippen LogP contribution >= 0.6 is 0 Å². The van der Waals surface area contributed by atoms with E-state index in [1.807, 2.05) is 0 Å². The molecule has 0 aromatic carbocycles. The van der Waals surface area contributed by atoms with Gasteiger partial charge in [0.25, 0.3) is 0 Å². The lowest BCUT2D eigenvalue weighted by molar-refractivity contribution is -0.402. The Labute approximate surface area is 346 Å². The molecule has 27 nitrogen and oxygen atoms in total. The Balaban J connectivity index is 1.43. The minimum Gasteiger partial charge on any atom is -0.394 e. The molecule has 0 saturated carbocycles. The highest BCUT2D eigenvalue weighted by Crippen LogP contribution is 2.36. The molecule has 0 radical (unpaired) electrons. The zero-order chi connectivity index (χ0) is 45.2. The summed E-state index contributed by atoms with van der Waals surface area (Å²) in [6, 6.07) is -3.02. The van der Waals surface area contributed by atoms with Gasteiger partial charge in [0.2, 0.25) is 11.8 Å². The number of hydrogen-bond acceptors (Lipinski definition) is 25. The van der Waals surface area contributed by atoms with E-state index in [4.69, 9.17) is 42.6 Å². The molecule has 5 fully saturated rings. The number of hydrogen-bond donors (Lipinski definition) is 16. The van der Waals surface area contributed by atoms with Gasteiger partial charge in [-0.3, -0.25) is 9.59 Å². The van der Waals surface area contributed by atoms with Crippen molar-refractivity contribution in [1.29, 1.82) is 0 Å². The van der Waals surface area contributed by atoms with Gasteiger partial charge in [-0.15, -0.1) is 0 Å². The minimum absolute atomic E-state index is 0.646. The number of amides is 2. The van der Waals surface area contributed by atoms with E-state index in [1.54, 1.807) is 0 Å².